The van der Waals surface area contributed by atoms with E-state index in [1.54, 1.807) is 6.08 Å². The van der Waals surface area contributed by atoms with E-state index in [2.05, 4.69) is 6.07 Å². The Kier molecular flexibility index (Phi) is 2.75. The minimum Gasteiger partial charge on any atom is -0.384 e. The minimum absolute atomic E-state index is 0.104. The van der Waals surface area contributed by atoms with Gasteiger partial charge in [-0.15, -0.1) is 0 Å². The first-order valence-corrected chi connectivity index (χ1v) is 5.27. The van der Waals surface area contributed by atoms with Gasteiger partial charge in [0.25, 0.3) is 0 Å². The first-order chi connectivity index (χ1) is 7.58. The molecule has 1 atom stereocenters. The van der Waals surface area contributed by atoms with Crippen LogP contribution in [0, 0.1) is 13.8 Å². The number of ketones is 1. The second-order valence-electron chi connectivity index (χ2n) is 4.13. The van der Waals surface area contributed by atoms with Crippen molar-refractivity contribution >= 4 is 11.9 Å². The van der Waals surface area contributed by atoms with Gasteiger partial charge in [-0.3, -0.25) is 4.79 Å². The molecule has 2 heteroatoms. The maximum absolute atomic E-state index is 11.5. The van der Waals surface area contributed by atoms with Crippen molar-refractivity contribution in [2.24, 2.45) is 0 Å². The molecule has 0 amide bonds. The molecule has 0 saturated carbocycles. The molecule has 0 bridgehead atoms. The number of allylic oxidation sites excluding steroid dienone is 1. The van der Waals surface area contributed by atoms with E-state index in [0.717, 1.165) is 11.1 Å². The molecule has 2 nitrogen and oxygen atoms in total. The summed E-state index contributed by atoms with van der Waals surface area (Å²) < 4.78 is 0. The van der Waals surface area contributed by atoms with Gasteiger partial charge in [0.05, 0.1) is 0 Å². The number of hydrogen-bond donors (Lipinski definition) is 1. The molecule has 0 fully saturated rings. The maximum atomic E-state index is 11.5. The molecule has 0 radical (unpaired) electrons. The highest BCUT2D eigenvalue weighted by Gasteiger charge is 2.20. The number of aliphatic hydroxyl groups is 1. The quantitative estimate of drug-likeness (QED) is 0.727. The van der Waals surface area contributed by atoms with Crippen LogP contribution in [0.2, 0.25) is 0 Å². The van der Waals surface area contributed by atoms with Crippen molar-refractivity contribution in [3.05, 3.63) is 52.6 Å². The monoisotopic (exact) mass is 214 g/mol. The van der Waals surface area contributed by atoms with Crippen molar-refractivity contribution in [3.63, 3.8) is 0 Å². The average molecular weight is 214 g/mol. The SMILES string of the molecule is Cc1ccc(/C=C2/C(=O)C=CC2O)c(C)c1. The zero-order chi connectivity index (χ0) is 11.7. The summed E-state index contributed by atoms with van der Waals surface area (Å²) in [4.78, 5) is 11.5. The summed E-state index contributed by atoms with van der Waals surface area (Å²) in [5.74, 6) is -0.104. The lowest BCUT2D eigenvalue weighted by Gasteiger charge is -2.05. The summed E-state index contributed by atoms with van der Waals surface area (Å²) in [6.45, 7) is 4.03. The summed E-state index contributed by atoms with van der Waals surface area (Å²) in [5, 5.41) is 9.59. The van der Waals surface area contributed by atoms with Gasteiger partial charge in [-0.2, -0.15) is 0 Å². The lowest BCUT2D eigenvalue weighted by molar-refractivity contribution is -0.111. The van der Waals surface area contributed by atoms with Gasteiger partial charge in [0.15, 0.2) is 5.78 Å². The Morgan fingerprint density at radius 3 is 2.62 bits per heavy atom. The fourth-order valence-corrected chi connectivity index (χ4v) is 1.84. The first kappa shape index (κ1) is 10.8. The Labute approximate surface area is 94.9 Å². The molecule has 1 aliphatic rings. The highest BCUT2D eigenvalue weighted by Crippen LogP contribution is 2.20. The van der Waals surface area contributed by atoms with Crippen LogP contribution in [-0.4, -0.2) is 17.0 Å². The van der Waals surface area contributed by atoms with Gasteiger partial charge in [-0.1, -0.05) is 23.8 Å². The molecule has 0 aliphatic heterocycles. The van der Waals surface area contributed by atoms with Crippen molar-refractivity contribution in [1.82, 2.24) is 0 Å². The molecule has 0 spiro atoms. The fraction of sp³-hybridized carbons (Fsp3) is 0.214. The lowest BCUT2D eigenvalue weighted by atomic mass is 10.0. The van der Waals surface area contributed by atoms with Gasteiger partial charge in [-0.25, -0.2) is 0 Å². The zero-order valence-electron chi connectivity index (χ0n) is 9.40. The largest absolute Gasteiger partial charge is 0.384 e. The van der Waals surface area contributed by atoms with Gasteiger partial charge in [0.1, 0.15) is 6.10 Å². The van der Waals surface area contributed by atoms with Crippen LogP contribution < -0.4 is 0 Å². The average Bonchev–Trinajstić information content (AvgIpc) is 2.53. The number of hydrogen-bond acceptors (Lipinski definition) is 2. The molecule has 1 unspecified atom stereocenters. The zero-order valence-corrected chi connectivity index (χ0v) is 9.40. The number of aliphatic hydroxyl groups excluding tert-OH is 1. The predicted octanol–water partition coefficient (Wildman–Crippen LogP) is 2.19. The normalized spacial score (nSPS) is 22.1. The summed E-state index contributed by atoms with van der Waals surface area (Å²) in [6.07, 6.45) is 3.94. The van der Waals surface area contributed by atoms with E-state index in [4.69, 9.17) is 0 Å². The van der Waals surface area contributed by atoms with Crippen LogP contribution >= 0.6 is 0 Å². The molecular weight excluding hydrogens is 200 g/mol. The van der Waals surface area contributed by atoms with Crippen molar-refractivity contribution in [2.75, 3.05) is 0 Å². The summed E-state index contributed by atoms with van der Waals surface area (Å²) in [7, 11) is 0. The van der Waals surface area contributed by atoms with Gasteiger partial charge >= 0.3 is 0 Å². The number of carbonyl (C=O) groups is 1. The van der Waals surface area contributed by atoms with Gasteiger partial charge in [0, 0.05) is 5.57 Å². The molecule has 1 aromatic rings. The first-order valence-electron chi connectivity index (χ1n) is 5.27. The number of aryl methyl sites for hydroxylation is 2. The fourth-order valence-electron chi connectivity index (χ4n) is 1.84. The molecule has 2 rings (SSSR count). The van der Waals surface area contributed by atoms with Crippen molar-refractivity contribution < 1.29 is 9.90 Å². The highest BCUT2D eigenvalue weighted by molar-refractivity contribution is 6.10. The molecule has 82 valence electrons. The molecule has 0 aromatic heterocycles. The number of carbonyl (C=O) groups excluding carboxylic acids is 1. The van der Waals surface area contributed by atoms with Crippen LogP contribution in [0.4, 0.5) is 0 Å². The second kappa shape index (κ2) is 4.06. The van der Waals surface area contributed by atoms with Crippen LogP contribution in [0.1, 0.15) is 16.7 Å². The molecule has 1 aliphatic carbocycles. The Morgan fingerprint density at radius 2 is 2.06 bits per heavy atom. The highest BCUT2D eigenvalue weighted by atomic mass is 16.3. The number of benzene rings is 1. The van der Waals surface area contributed by atoms with Gasteiger partial charge in [-0.05, 0) is 43.2 Å². The van der Waals surface area contributed by atoms with Crippen LogP contribution in [0.25, 0.3) is 6.08 Å². The van der Waals surface area contributed by atoms with E-state index < -0.39 is 6.10 Å². The molecule has 1 N–H and O–H groups in total. The molecule has 1 aromatic carbocycles. The Balaban J connectivity index is 2.40. The van der Waals surface area contributed by atoms with Crippen LogP contribution in [-0.2, 0) is 4.79 Å². The summed E-state index contributed by atoms with van der Waals surface area (Å²) >= 11 is 0. The van der Waals surface area contributed by atoms with Crippen LogP contribution in [0.5, 0.6) is 0 Å². The smallest absolute Gasteiger partial charge is 0.184 e. The predicted molar refractivity (Wildman–Crippen MR) is 64.0 cm³/mol. The van der Waals surface area contributed by atoms with Gasteiger partial charge < -0.3 is 5.11 Å². The van der Waals surface area contributed by atoms with Crippen LogP contribution in [0.3, 0.4) is 0 Å². The maximum Gasteiger partial charge on any atom is 0.184 e. The molecule has 0 heterocycles. The topological polar surface area (TPSA) is 37.3 Å². The molecule has 0 saturated heterocycles. The standard InChI is InChI=1S/C14H14O2/c1-9-3-4-11(10(2)7-9)8-12-13(15)5-6-14(12)16/h3-8,13,15H,1-2H3/b12-8+. The van der Waals surface area contributed by atoms with Crippen molar-refractivity contribution in [2.45, 2.75) is 20.0 Å². The van der Waals surface area contributed by atoms with E-state index in [1.165, 1.54) is 17.7 Å². The van der Waals surface area contributed by atoms with E-state index >= 15 is 0 Å². The van der Waals surface area contributed by atoms with Gasteiger partial charge in [0.2, 0.25) is 0 Å². The molecular formula is C14H14O2. The van der Waals surface area contributed by atoms with E-state index in [0.29, 0.717) is 5.57 Å². The number of rotatable bonds is 1. The lowest BCUT2D eigenvalue weighted by Crippen LogP contribution is -2.06. The Bertz CT molecular complexity index is 495. The van der Waals surface area contributed by atoms with Crippen molar-refractivity contribution in [3.8, 4) is 0 Å². The molecule has 16 heavy (non-hydrogen) atoms. The second-order valence-corrected chi connectivity index (χ2v) is 4.13. The third kappa shape index (κ3) is 1.97. The van der Waals surface area contributed by atoms with E-state index in [-0.39, 0.29) is 5.78 Å². The van der Waals surface area contributed by atoms with Crippen LogP contribution in [0.15, 0.2) is 35.9 Å². The third-order valence-electron chi connectivity index (χ3n) is 2.77. The summed E-state index contributed by atoms with van der Waals surface area (Å²) in [5.41, 5.74) is 3.74. The third-order valence-corrected chi connectivity index (χ3v) is 2.77. The van der Waals surface area contributed by atoms with Crippen molar-refractivity contribution in [1.29, 1.82) is 0 Å². The Morgan fingerprint density at radius 1 is 1.31 bits per heavy atom. The minimum atomic E-state index is -0.756. The van der Waals surface area contributed by atoms with E-state index in [1.807, 2.05) is 26.0 Å². The Hall–Kier alpha value is -1.67. The summed E-state index contributed by atoms with van der Waals surface area (Å²) in [6, 6.07) is 6.03. The van der Waals surface area contributed by atoms with E-state index in [9.17, 15) is 9.90 Å².